The molecular formula is C18H21N3O3. The predicted molar refractivity (Wildman–Crippen MR) is 90.1 cm³/mol. The highest BCUT2D eigenvalue weighted by Crippen LogP contribution is 2.30. The third-order valence-electron chi connectivity index (χ3n) is 3.81. The standard InChI is InChI=1S/C18H21N3O3/c1-2-21(18(22)20-11-14-7-5-6-10-19-14)12-15-13-23-16-8-3-4-9-17(16)24-15/h3-10,15H,2,11-13H2,1H3,(H,20,22). The van der Waals surface area contributed by atoms with Gasteiger partial charge in [-0.2, -0.15) is 0 Å². The first-order chi connectivity index (χ1) is 11.8. The van der Waals surface area contributed by atoms with E-state index in [9.17, 15) is 4.79 Å². The van der Waals surface area contributed by atoms with Crippen LogP contribution in [0, 0.1) is 0 Å². The van der Waals surface area contributed by atoms with E-state index in [-0.39, 0.29) is 12.1 Å². The molecule has 1 N–H and O–H groups in total. The largest absolute Gasteiger partial charge is 0.486 e. The van der Waals surface area contributed by atoms with Crippen molar-refractivity contribution >= 4 is 6.03 Å². The second-order valence-corrected chi connectivity index (χ2v) is 5.52. The van der Waals surface area contributed by atoms with E-state index in [4.69, 9.17) is 9.47 Å². The van der Waals surface area contributed by atoms with Crippen molar-refractivity contribution in [3.63, 3.8) is 0 Å². The number of nitrogens with one attached hydrogen (secondary N) is 1. The van der Waals surface area contributed by atoms with Gasteiger partial charge in [0.2, 0.25) is 0 Å². The summed E-state index contributed by atoms with van der Waals surface area (Å²) in [7, 11) is 0. The van der Waals surface area contributed by atoms with E-state index in [2.05, 4.69) is 10.3 Å². The summed E-state index contributed by atoms with van der Waals surface area (Å²) >= 11 is 0. The van der Waals surface area contributed by atoms with Crippen LogP contribution >= 0.6 is 0 Å². The number of ether oxygens (including phenoxy) is 2. The van der Waals surface area contributed by atoms with Crippen LogP contribution in [0.15, 0.2) is 48.7 Å². The maximum Gasteiger partial charge on any atom is 0.317 e. The summed E-state index contributed by atoms with van der Waals surface area (Å²) in [6.07, 6.45) is 1.53. The van der Waals surface area contributed by atoms with Crippen molar-refractivity contribution in [2.45, 2.75) is 19.6 Å². The van der Waals surface area contributed by atoms with Crippen LogP contribution in [-0.4, -0.2) is 41.7 Å². The van der Waals surface area contributed by atoms with Gasteiger partial charge in [0.15, 0.2) is 17.6 Å². The quantitative estimate of drug-likeness (QED) is 0.916. The lowest BCUT2D eigenvalue weighted by atomic mass is 10.2. The highest BCUT2D eigenvalue weighted by Gasteiger charge is 2.24. The fraction of sp³-hybridized carbons (Fsp3) is 0.333. The lowest BCUT2D eigenvalue weighted by molar-refractivity contribution is 0.0675. The third kappa shape index (κ3) is 3.95. The topological polar surface area (TPSA) is 63.7 Å². The molecule has 24 heavy (non-hydrogen) atoms. The van der Waals surface area contributed by atoms with E-state index in [0.29, 0.717) is 26.2 Å². The van der Waals surface area contributed by atoms with E-state index in [0.717, 1.165) is 17.2 Å². The van der Waals surface area contributed by atoms with Gasteiger partial charge in [0.05, 0.1) is 18.8 Å². The molecule has 0 bridgehead atoms. The Morgan fingerprint density at radius 3 is 2.79 bits per heavy atom. The minimum Gasteiger partial charge on any atom is -0.486 e. The van der Waals surface area contributed by atoms with Crippen LogP contribution < -0.4 is 14.8 Å². The van der Waals surface area contributed by atoms with E-state index in [1.165, 1.54) is 0 Å². The predicted octanol–water partition coefficient (Wildman–Crippen LogP) is 2.45. The molecule has 1 aliphatic rings. The van der Waals surface area contributed by atoms with Gasteiger partial charge in [0.1, 0.15) is 6.61 Å². The number of pyridine rings is 1. The number of carbonyl (C=O) groups is 1. The summed E-state index contributed by atoms with van der Waals surface area (Å²) in [5.74, 6) is 1.47. The highest BCUT2D eigenvalue weighted by atomic mass is 16.6. The van der Waals surface area contributed by atoms with Gasteiger partial charge in [-0.05, 0) is 31.2 Å². The molecule has 6 nitrogen and oxygen atoms in total. The van der Waals surface area contributed by atoms with Gasteiger partial charge < -0.3 is 19.7 Å². The summed E-state index contributed by atoms with van der Waals surface area (Å²) in [6.45, 7) is 3.84. The molecule has 0 aliphatic carbocycles. The molecule has 1 aromatic heterocycles. The molecule has 2 aromatic rings. The van der Waals surface area contributed by atoms with Crippen molar-refractivity contribution in [1.82, 2.24) is 15.2 Å². The number of urea groups is 1. The first kappa shape index (κ1) is 16.1. The van der Waals surface area contributed by atoms with Crippen LogP contribution in [0.2, 0.25) is 0 Å². The fourth-order valence-corrected chi connectivity index (χ4v) is 2.54. The van der Waals surface area contributed by atoms with E-state index in [1.54, 1.807) is 11.1 Å². The summed E-state index contributed by atoms with van der Waals surface area (Å²) in [4.78, 5) is 18.3. The molecule has 126 valence electrons. The molecule has 1 atom stereocenters. The van der Waals surface area contributed by atoms with Crippen molar-refractivity contribution < 1.29 is 14.3 Å². The Balaban J connectivity index is 1.54. The minimum absolute atomic E-state index is 0.134. The van der Waals surface area contributed by atoms with Crippen molar-refractivity contribution in [3.8, 4) is 11.5 Å². The molecule has 0 saturated carbocycles. The number of amides is 2. The van der Waals surface area contributed by atoms with Crippen molar-refractivity contribution in [2.24, 2.45) is 0 Å². The molecule has 2 amide bonds. The smallest absolute Gasteiger partial charge is 0.317 e. The first-order valence-corrected chi connectivity index (χ1v) is 8.07. The van der Waals surface area contributed by atoms with Gasteiger partial charge in [-0.15, -0.1) is 0 Å². The Bertz CT molecular complexity index is 678. The van der Waals surface area contributed by atoms with Gasteiger partial charge in [-0.25, -0.2) is 4.79 Å². The molecule has 0 radical (unpaired) electrons. The van der Waals surface area contributed by atoms with Crippen molar-refractivity contribution in [3.05, 3.63) is 54.4 Å². The van der Waals surface area contributed by atoms with Crippen LogP contribution in [0.25, 0.3) is 0 Å². The minimum atomic E-state index is -0.180. The van der Waals surface area contributed by atoms with Crippen molar-refractivity contribution in [1.29, 1.82) is 0 Å². The van der Waals surface area contributed by atoms with Crippen LogP contribution in [0.1, 0.15) is 12.6 Å². The van der Waals surface area contributed by atoms with Gasteiger partial charge in [-0.3, -0.25) is 4.98 Å². The fourth-order valence-electron chi connectivity index (χ4n) is 2.54. The number of nitrogens with zero attached hydrogens (tertiary/aromatic N) is 2. The van der Waals surface area contributed by atoms with Crippen LogP contribution in [0.5, 0.6) is 11.5 Å². The molecule has 3 rings (SSSR count). The first-order valence-electron chi connectivity index (χ1n) is 8.07. The molecular weight excluding hydrogens is 306 g/mol. The number of hydrogen-bond donors (Lipinski definition) is 1. The summed E-state index contributed by atoms with van der Waals surface area (Å²) in [5.41, 5.74) is 0.827. The van der Waals surface area contributed by atoms with Crippen LogP contribution in [0.3, 0.4) is 0 Å². The number of likely N-dealkylation sites (N-methyl/N-ethyl adjacent to an activating group) is 1. The Kier molecular flexibility index (Phi) is 5.15. The van der Waals surface area contributed by atoms with Crippen LogP contribution in [-0.2, 0) is 6.54 Å². The average molecular weight is 327 g/mol. The second-order valence-electron chi connectivity index (χ2n) is 5.52. The van der Waals surface area contributed by atoms with E-state index in [1.807, 2.05) is 49.4 Å². The molecule has 0 spiro atoms. The number of rotatable bonds is 5. The van der Waals surface area contributed by atoms with Crippen molar-refractivity contribution in [2.75, 3.05) is 19.7 Å². The van der Waals surface area contributed by atoms with Crippen LogP contribution in [0.4, 0.5) is 4.79 Å². The highest BCUT2D eigenvalue weighted by molar-refractivity contribution is 5.74. The summed E-state index contributed by atoms with van der Waals surface area (Å²) < 4.78 is 11.6. The number of aromatic nitrogens is 1. The maximum atomic E-state index is 12.4. The summed E-state index contributed by atoms with van der Waals surface area (Å²) in [5, 5.41) is 2.89. The van der Waals surface area contributed by atoms with E-state index >= 15 is 0 Å². The molecule has 0 saturated heterocycles. The average Bonchev–Trinajstić information content (AvgIpc) is 2.65. The Hall–Kier alpha value is -2.76. The Morgan fingerprint density at radius 1 is 1.25 bits per heavy atom. The SMILES string of the molecule is CCN(CC1COc2ccccc2O1)C(=O)NCc1ccccn1. The second kappa shape index (κ2) is 7.68. The Labute approximate surface area is 141 Å². The number of fused-ring (bicyclic) bond motifs is 1. The molecule has 1 aliphatic heterocycles. The number of hydrogen-bond acceptors (Lipinski definition) is 4. The van der Waals surface area contributed by atoms with Gasteiger partial charge >= 0.3 is 6.03 Å². The number of carbonyl (C=O) groups excluding carboxylic acids is 1. The monoisotopic (exact) mass is 327 g/mol. The lowest BCUT2D eigenvalue weighted by Gasteiger charge is -2.30. The van der Waals surface area contributed by atoms with Gasteiger partial charge in [0, 0.05) is 12.7 Å². The zero-order valence-corrected chi connectivity index (χ0v) is 13.6. The Morgan fingerprint density at radius 2 is 2.04 bits per heavy atom. The normalized spacial score (nSPS) is 15.6. The lowest BCUT2D eigenvalue weighted by Crippen LogP contribution is -2.47. The van der Waals surface area contributed by atoms with Gasteiger partial charge in [-0.1, -0.05) is 18.2 Å². The number of para-hydroxylation sites is 2. The summed E-state index contributed by atoms with van der Waals surface area (Å²) in [6, 6.07) is 13.1. The molecule has 1 unspecified atom stereocenters. The van der Waals surface area contributed by atoms with Gasteiger partial charge in [0.25, 0.3) is 0 Å². The zero-order valence-electron chi connectivity index (χ0n) is 13.6. The molecule has 1 aromatic carbocycles. The number of benzene rings is 1. The molecule has 0 fully saturated rings. The van der Waals surface area contributed by atoms with E-state index < -0.39 is 0 Å². The maximum absolute atomic E-state index is 12.4. The molecule has 6 heteroatoms. The third-order valence-corrected chi connectivity index (χ3v) is 3.81. The zero-order chi connectivity index (χ0) is 16.8. The molecule has 2 heterocycles.